The Balaban J connectivity index is 1.93. The molecule has 1 fully saturated rings. The smallest absolute Gasteiger partial charge is 0.227 e. The summed E-state index contributed by atoms with van der Waals surface area (Å²) in [5.41, 5.74) is 2.94. The predicted octanol–water partition coefficient (Wildman–Crippen LogP) is 3.18. The molecule has 4 nitrogen and oxygen atoms in total. The van der Waals surface area contributed by atoms with Gasteiger partial charge in [-0.05, 0) is 36.6 Å². The molecule has 2 heterocycles. The molecule has 114 valence electrons. The first-order valence-electron chi connectivity index (χ1n) is 7.34. The van der Waals surface area contributed by atoms with Gasteiger partial charge in [-0.25, -0.2) is 0 Å². The van der Waals surface area contributed by atoms with Gasteiger partial charge in [-0.2, -0.15) is 0 Å². The third-order valence-electron chi connectivity index (χ3n) is 3.96. The summed E-state index contributed by atoms with van der Waals surface area (Å²) in [6.45, 7) is 4.26. The molecule has 1 unspecified atom stereocenters. The zero-order valence-corrected chi connectivity index (χ0v) is 13.5. The lowest BCUT2D eigenvalue weighted by Gasteiger charge is -2.21. The van der Waals surface area contributed by atoms with Crippen LogP contribution in [0, 0.1) is 12.8 Å². The molecular weight excluding hydrogens is 296 g/mol. The number of thioether (sulfide) groups is 1. The van der Waals surface area contributed by atoms with E-state index in [2.05, 4.69) is 4.98 Å². The monoisotopic (exact) mass is 314 g/mol. The van der Waals surface area contributed by atoms with Crippen LogP contribution >= 0.6 is 11.8 Å². The third kappa shape index (κ3) is 2.86. The maximum absolute atomic E-state index is 12.4. The highest BCUT2D eigenvalue weighted by molar-refractivity contribution is 8.13. The lowest BCUT2D eigenvalue weighted by Crippen LogP contribution is -2.26. The highest BCUT2D eigenvalue weighted by atomic mass is 32.2. The van der Waals surface area contributed by atoms with Gasteiger partial charge in [-0.15, -0.1) is 0 Å². The summed E-state index contributed by atoms with van der Waals surface area (Å²) in [6.07, 6.45) is 2.27. The number of anilines is 1. The van der Waals surface area contributed by atoms with Crippen molar-refractivity contribution in [2.24, 2.45) is 5.92 Å². The van der Waals surface area contributed by atoms with Crippen molar-refractivity contribution in [2.45, 2.75) is 20.3 Å². The maximum Gasteiger partial charge on any atom is 0.227 e. The van der Waals surface area contributed by atoms with E-state index in [1.54, 1.807) is 13.1 Å². The number of hydrogen-bond donors (Lipinski definition) is 0. The summed E-state index contributed by atoms with van der Waals surface area (Å²) < 4.78 is 0. The molecule has 1 aromatic carbocycles. The van der Waals surface area contributed by atoms with Gasteiger partial charge in [-0.3, -0.25) is 14.6 Å². The van der Waals surface area contributed by atoms with Crippen LogP contribution in [0.25, 0.3) is 10.9 Å². The second-order valence-electron chi connectivity index (χ2n) is 5.68. The Morgan fingerprint density at radius 1 is 1.41 bits per heavy atom. The molecule has 0 bridgehead atoms. The number of benzene rings is 1. The average molecular weight is 314 g/mol. The van der Waals surface area contributed by atoms with Crippen molar-refractivity contribution in [3.63, 3.8) is 0 Å². The number of nitrogens with zero attached hydrogens (tertiary/aromatic N) is 2. The minimum Gasteiger partial charge on any atom is -0.311 e. The van der Waals surface area contributed by atoms with Crippen LogP contribution in [0.1, 0.15) is 18.9 Å². The second-order valence-corrected chi connectivity index (χ2v) is 6.88. The molecule has 0 saturated carbocycles. The molecule has 22 heavy (non-hydrogen) atoms. The number of carbonyl (C=O) groups excluding carboxylic acids is 2. The van der Waals surface area contributed by atoms with Crippen molar-refractivity contribution < 1.29 is 9.59 Å². The Hall–Kier alpha value is -1.88. The third-order valence-corrected chi connectivity index (χ3v) is 5.00. The fraction of sp³-hybridized carbons (Fsp3) is 0.353. The van der Waals surface area contributed by atoms with E-state index in [1.165, 1.54) is 11.8 Å². The SMILES string of the molecule is CC(=O)SCC1CC(=O)N(c2c(C)ccc3ncccc23)C1. The van der Waals surface area contributed by atoms with Crippen molar-refractivity contribution in [1.82, 2.24) is 4.98 Å². The van der Waals surface area contributed by atoms with Crippen LogP contribution in [0.2, 0.25) is 0 Å². The van der Waals surface area contributed by atoms with Gasteiger partial charge in [-0.1, -0.05) is 17.8 Å². The van der Waals surface area contributed by atoms with Gasteiger partial charge in [0.25, 0.3) is 0 Å². The van der Waals surface area contributed by atoms with E-state index < -0.39 is 0 Å². The Kier molecular flexibility index (Phi) is 4.16. The van der Waals surface area contributed by atoms with Crippen LogP contribution in [0.5, 0.6) is 0 Å². The summed E-state index contributed by atoms with van der Waals surface area (Å²) in [5, 5.41) is 1.12. The second kappa shape index (κ2) is 6.08. The maximum atomic E-state index is 12.4. The molecule has 3 rings (SSSR count). The molecule has 0 N–H and O–H groups in total. The first-order chi connectivity index (χ1) is 10.6. The number of hydrogen-bond acceptors (Lipinski definition) is 4. The molecule has 2 aromatic rings. The lowest BCUT2D eigenvalue weighted by molar-refractivity contribution is -0.117. The van der Waals surface area contributed by atoms with Crippen molar-refractivity contribution in [3.8, 4) is 0 Å². The van der Waals surface area contributed by atoms with Gasteiger partial charge in [0.15, 0.2) is 5.12 Å². The zero-order valence-electron chi connectivity index (χ0n) is 12.7. The number of aromatic nitrogens is 1. The Morgan fingerprint density at radius 3 is 3.00 bits per heavy atom. The molecule has 1 aliphatic heterocycles. The lowest BCUT2D eigenvalue weighted by atomic mass is 10.1. The van der Waals surface area contributed by atoms with Gasteiger partial charge in [0.1, 0.15) is 0 Å². The van der Waals surface area contributed by atoms with Crippen LogP contribution in [0.3, 0.4) is 0 Å². The van der Waals surface area contributed by atoms with E-state index in [4.69, 9.17) is 0 Å². The van der Waals surface area contributed by atoms with E-state index in [1.807, 2.05) is 36.1 Å². The van der Waals surface area contributed by atoms with Gasteiger partial charge in [0.05, 0.1) is 11.2 Å². The molecule has 1 saturated heterocycles. The quantitative estimate of drug-likeness (QED) is 0.873. The van der Waals surface area contributed by atoms with E-state index in [0.29, 0.717) is 18.7 Å². The zero-order chi connectivity index (χ0) is 15.7. The van der Waals surface area contributed by atoms with E-state index in [9.17, 15) is 9.59 Å². The van der Waals surface area contributed by atoms with Crippen molar-refractivity contribution in [1.29, 1.82) is 0 Å². The van der Waals surface area contributed by atoms with E-state index >= 15 is 0 Å². The number of carbonyl (C=O) groups is 2. The Morgan fingerprint density at radius 2 is 2.23 bits per heavy atom. The minimum absolute atomic E-state index is 0.108. The predicted molar refractivity (Wildman–Crippen MR) is 90.1 cm³/mol. The topological polar surface area (TPSA) is 50.3 Å². The summed E-state index contributed by atoms with van der Waals surface area (Å²) in [6, 6.07) is 7.90. The van der Waals surface area contributed by atoms with Gasteiger partial charge in [0, 0.05) is 37.2 Å². The van der Waals surface area contributed by atoms with Crippen molar-refractivity contribution in [3.05, 3.63) is 36.0 Å². The molecule has 1 aromatic heterocycles. The molecule has 1 aliphatic rings. The standard InChI is InChI=1S/C17H18N2O2S/c1-11-5-6-15-14(4-3-7-18-15)17(11)19-9-13(8-16(19)21)10-22-12(2)20/h3-7,13H,8-10H2,1-2H3. The highest BCUT2D eigenvalue weighted by Crippen LogP contribution is 2.34. The normalized spacial score (nSPS) is 18.2. The van der Waals surface area contributed by atoms with E-state index in [0.717, 1.165) is 22.2 Å². The van der Waals surface area contributed by atoms with Gasteiger partial charge in [0.2, 0.25) is 5.91 Å². The van der Waals surface area contributed by atoms with Gasteiger partial charge >= 0.3 is 0 Å². The van der Waals surface area contributed by atoms with Crippen LogP contribution in [-0.2, 0) is 9.59 Å². The molecule has 5 heteroatoms. The summed E-state index contributed by atoms with van der Waals surface area (Å²) in [5.74, 6) is 1.07. The number of pyridine rings is 1. The van der Waals surface area contributed by atoms with Crippen molar-refractivity contribution >= 4 is 39.4 Å². The van der Waals surface area contributed by atoms with Crippen molar-refractivity contribution in [2.75, 3.05) is 17.2 Å². The average Bonchev–Trinajstić information content (AvgIpc) is 2.86. The summed E-state index contributed by atoms with van der Waals surface area (Å²) >= 11 is 1.31. The fourth-order valence-electron chi connectivity index (χ4n) is 2.95. The van der Waals surface area contributed by atoms with Crippen LogP contribution in [-0.4, -0.2) is 28.3 Å². The van der Waals surface area contributed by atoms with Crippen LogP contribution in [0.15, 0.2) is 30.5 Å². The highest BCUT2D eigenvalue weighted by Gasteiger charge is 2.32. The molecule has 1 atom stereocenters. The number of fused-ring (bicyclic) bond motifs is 1. The number of rotatable bonds is 3. The van der Waals surface area contributed by atoms with Gasteiger partial charge < -0.3 is 4.90 Å². The fourth-order valence-corrected chi connectivity index (χ4v) is 3.64. The molecular formula is C17H18N2O2S. The Bertz CT molecular complexity index is 745. The first-order valence-corrected chi connectivity index (χ1v) is 8.33. The summed E-state index contributed by atoms with van der Waals surface area (Å²) in [7, 11) is 0. The molecule has 0 radical (unpaired) electrons. The minimum atomic E-state index is 0.108. The molecule has 0 spiro atoms. The number of amides is 1. The van der Waals surface area contributed by atoms with E-state index in [-0.39, 0.29) is 16.9 Å². The Labute approximate surface area is 133 Å². The molecule has 0 aliphatic carbocycles. The van der Waals surface area contributed by atoms with Crippen LogP contribution in [0.4, 0.5) is 5.69 Å². The van der Waals surface area contributed by atoms with Crippen LogP contribution < -0.4 is 4.90 Å². The first kappa shape index (κ1) is 15.0. The largest absolute Gasteiger partial charge is 0.311 e. The summed E-state index contributed by atoms with van der Waals surface area (Å²) in [4.78, 5) is 29.8. The molecule has 1 amide bonds. The number of aryl methyl sites for hydroxylation is 1.